The highest BCUT2D eigenvalue weighted by molar-refractivity contribution is 6.31. The molecule has 3 nitrogen and oxygen atoms in total. The Morgan fingerprint density at radius 1 is 1.50 bits per heavy atom. The van der Waals surface area contributed by atoms with Gasteiger partial charge in [0.05, 0.1) is 13.2 Å². The number of hydrogen-bond acceptors (Lipinski definition) is 3. The van der Waals surface area contributed by atoms with Crippen LogP contribution in [0.2, 0.25) is 5.02 Å². The third-order valence-corrected chi connectivity index (χ3v) is 2.99. The molecule has 4 heteroatoms. The Bertz CT molecular complexity index is 355. The molecule has 90 valence electrons. The maximum Gasteiger partial charge on any atom is 0.122 e. The number of benzene rings is 1. The Labute approximate surface area is 101 Å². The topological polar surface area (TPSA) is 55.5 Å². The Balaban J connectivity index is 2.81. The Hall–Kier alpha value is -0.770. The van der Waals surface area contributed by atoms with Crippen LogP contribution in [0.4, 0.5) is 0 Å². The summed E-state index contributed by atoms with van der Waals surface area (Å²) < 4.78 is 5.28. The number of hydrogen-bond donors (Lipinski definition) is 2. The maximum absolute atomic E-state index is 9.41. The molecule has 0 aliphatic rings. The van der Waals surface area contributed by atoms with Gasteiger partial charge in [-0.1, -0.05) is 11.6 Å². The van der Waals surface area contributed by atoms with Crippen LogP contribution in [0.15, 0.2) is 12.1 Å². The number of nitrogens with two attached hydrogens (primary N) is 1. The molecule has 0 fully saturated rings. The van der Waals surface area contributed by atoms with E-state index in [0.29, 0.717) is 12.8 Å². The summed E-state index contributed by atoms with van der Waals surface area (Å²) in [6, 6.07) is 3.80. The highest BCUT2D eigenvalue weighted by Crippen LogP contribution is 2.27. The van der Waals surface area contributed by atoms with Crippen molar-refractivity contribution in [2.24, 2.45) is 5.73 Å². The summed E-state index contributed by atoms with van der Waals surface area (Å²) in [6.45, 7) is 2.21. The lowest BCUT2D eigenvalue weighted by Crippen LogP contribution is -2.20. The average molecular weight is 244 g/mol. The van der Waals surface area contributed by atoms with Gasteiger partial charge >= 0.3 is 0 Å². The van der Waals surface area contributed by atoms with Gasteiger partial charge in [0, 0.05) is 11.6 Å². The molecule has 0 saturated carbocycles. The minimum absolute atomic E-state index is 0.280. The molecule has 0 radical (unpaired) electrons. The van der Waals surface area contributed by atoms with Gasteiger partial charge in [-0.15, -0.1) is 0 Å². The fourth-order valence-electron chi connectivity index (χ4n) is 1.52. The number of rotatable bonds is 5. The molecular weight excluding hydrogens is 226 g/mol. The Morgan fingerprint density at radius 3 is 2.75 bits per heavy atom. The van der Waals surface area contributed by atoms with Crippen LogP contribution in [0.3, 0.4) is 0 Å². The predicted molar refractivity (Wildman–Crippen MR) is 66.1 cm³/mol. The van der Waals surface area contributed by atoms with E-state index in [4.69, 9.17) is 22.1 Å². The molecule has 16 heavy (non-hydrogen) atoms. The fourth-order valence-corrected chi connectivity index (χ4v) is 1.71. The first-order chi connectivity index (χ1) is 7.58. The van der Waals surface area contributed by atoms with Gasteiger partial charge in [-0.3, -0.25) is 0 Å². The molecule has 0 heterocycles. The fraction of sp³-hybridized carbons (Fsp3) is 0.500. The number of halogens is 1. The predicted octanol–water partition coefficient (Wildman–Crippen LogP) is 1.91. The molecule has 0 aliphatic heterocycles. The third-order valence-electron chi connectivity index (χ3n) is 2.58. The summed E-state index contributed by atoms with van der Waals surface area (Å²) >= 11 is 6.05. The minimum atomic E-state index is -0.468. The lowest BCUT2D eigenvalue weighted by Gasteiger charge is -2.12. The van der Waals surface area contributed by atoms with E-state index in [1.54, 1.807) is 7.11 Å². The first-order valence-electron chi connectivity index (χ1n) is 5.29. The highest BCUT2D eigenvalue weighted by Gasteiger charge is 2.09. The maximum atomic E-state index is 9.41. The van der Waals surface area contributed by atoms with E-state index in [2.05, 4.69) is 0 Å². The van der Waals surface area contributed by atoms with E-state index in [0.717, 1.165) is 21.9 Å². The van der Waals surface area contributed by atoms with Crippen LogP contribution in [-0.2, 0) is 6.42 Å². The van der Waals surface area contributed by atoms with Gasteiger partial charge < -0.3 is 15.6 Å². The van der Waals surface area contributed by atoms with Crippen molar-refractivity contribution in [1.82, 2.24) is 0 Å². The molecule has 1 atom stereocenters. The quantitative estimate of drug-likeness (QED) is 0.831. The standard InChI is InChI=1S/C12H18ClNO2/c1-8-5-12(16-2)9(6-11(8)13)3-4-10(15)7-14/h5-6,10,15H,3-4,7,14H2,1-2H3. The van der Waals surface area contributed by atoms with Crippen LogP contribution in [-0.4, -0.2) is 24.9 Å². The van der Waals surface area contributed by atoms with Crippen molar-refractivity contribution in [3.05, 3.63) is 28.3 Å². The van der Waals surface area contributed by atoms with Crippen LogP contribution < -0.4 is 10.5 Å². The minimum Gasteiger partial charge on any atom is -0.496 e. The smallest absolute Gasteiger partial charge is 0.122 e. The van der Waals surface area contributed by atoms with Gasteiger partial charge in [0.2, 0.25) is 0 Å². The van der Waals surface area contributed by atoms with E-state index < -0.39 is 6.10 Å². The van der Waals surface area contributed by atoms with Gasteiger partial charge in [-0.25, -0.2) is 0 Å². The zero-order valence-corrected chi connectivity index (χ0v) is 10.4. The highest BCUT2D eigenvalue weighted by atomic mass is 35.5. The zero-order chi connectivity index (χ0) is 12.1. The summed E-state index contributed by atoms with van der Waals surface area (Å²) in [6.07, 6.45) is 0.859. The molecule has 0 bridgehead atoms. The largest absolute Gasteiger partial charge is 0.496 e. The number of aliphatic hydroxyl groups is 1. The molecule has 0 spiro atoms. The molecule has 0 amide bonds. The van der Waals surface area contributed by atoms with Crippen molar-refractivity contribution < 1.29 is 9.84 Å². The normalized spacial score (nSPS) is 12.6. The van der Waals surface area contributed by atoms with E-state index in [9.17, 15) is 5.11 Å². The van der Waals surface area contributed by atoms with E-state index in [1.165, 1.54) is 0 Å². The number of aryl methyl sites for hydroxylation is 2. The van der Waals surface area contributed by atoms with Crippen LogP contribution in [0.5, 0.6) is 5.75 Å². The van der Waals surface area contributed by atoms with Crippen molar-refractivity contribution in [3.8, 4) is 5.75 Å². The summed E-state index contributed by atoms with van der Waals surface area (Å²) in [7, 11) is 1.63. The lowest BCUT2D eigenvalue weighted by molar-refractivity contribution is 0.173. The van der Waals surface area contributed by atoms with Gasteiger partial charge in [-0.2, -0.15) is 0 Å². The second-order valence-corrected chi connectivity index (χ2v) is 4.25. The van der Waals surface area contributed by atoms with Crippen LogP contribution >= 0.6 is 11.6 Å². The SMILES string of the molecule is COc1cc(C)c(Cl)cc1CCC(O)CN. The zero-order valence-electron chi connectivity index (χ0n) is 9.66. The molecule has 1 aromatic carbocycles. The monoisotopic (exact) mass is 243 g/mol. The molecular formula is C12H18ClNO2. The molecule has 1 unspecified atom stereocenters. The average Bonchev–Trinajstić information content (AvgIpc) is 2.29. The Morgan fingerprint density at radius 2 is 2.19 bits per heavy atom. The van der Waals surface area contributed by atoms with Crippen LogP contribution in [0.1, 0.15) is 17.5 Å². The third kappa shape index (κ3) is 3.37. The number of ether oxygens (including phenoxy) is 1. The molecule has 0 aliphatic carbocycles. The Kier molecular flexibility index (Phi) is 5.06. The van der Waals surface area contributed by atoms with Crippen molar-refractivity contribution >= 4 is 11.6 Å². The first kappa shape index (κ1) is 13.3. The van der Waals surface area contributed by atoms with Crippen LogP contribution in [0.25, 0.3) is 0 Å². The summed E-state index contributed by atoms with van der Waals surface area (Å²) in [5.74, 6) is 0.811. The van der Waals surface area contributed by atoms with Crippen molar-refractivity contribution in [2.75, 3.05) is 13.7 Å². The van der Waals surface area contributed by atoms with Crippen molar-refractivity contribution in [2.45, 2.75) is 25.9 Å². The van der Waals surface area contributed by atoms with Crippen LogP contribution in [0, 0.1) is 6.92 Å². The van der Waals surface area contributed by atoms with Gasteiger partial charge in [0.25, 0.3) is 0 Å². The molecule has 1 aromatic rings. The summed E-state index contributed by atoms with van der Waals surface area (Å²) in [4.78, 5) is 0. The van der Waals surface area contributed by atoms with Crippen molar-refractivity contribution in [1.29, 1.82) is 0 Å². The van der Waals surface area contributed by atoms with E-state index in [1.807, 2.05) is 19.1 Å². The van der Waals surface area contributed by atoms with E-state index >= 15 is 0 Å². The second-order valence-electron chi connectivity index (χ2n) is 3.84. The lowest BCUT2D eigenvalue weighted by atomic mass is 10.0. The second kappa shape index (κ2) is 6.09. The summed E-state index contributed by atoms with van der Waals surface area (Å²) in [5.41, 5.74) is 7.35. The van der Waals surface area contributed by atoms with Gasteiger partial charge in [0.15, 0.2) is 0 Å². The van der Waals surface area contributed by atoms with Crippen molar-refractivity contribution in [3.63, 3.8) is 0 Å². The van der Waals surface area contributed by atoms with Gasteiger partial charge in [0.1, 0.15) is 5.75 Å². The molecule has 1 rings (SSSR count). The molecule has 3 N–H and O–H groups in total. The van der Waals surface area contributed by atoms with Gasteiger partial charge in [-0.05, 0) is 43.0 Å². The first-order valence-corrected chi connectivity index (χ1v) is 5.67. The van der Waals surface area contributed by atoms with E-state index in [-0.39, 0.29) is 6.54 Å². The molecule has 0 aromatic heterocycles. The molecule has 0 saturated heterocycles. The number of aliphatic hydroxyl groups excluding tert-OH is 1. The summed E-state index contributed by atoms with van der Waals surface area (Å²) in [5, 5.41) is 10.1. The number of methoxy groups -OCH3 is 1.